The molecule has 8 nitrogen and oxygen atoms in total. The van der Waals surface area contributed by atoms with Crippen LogP contribution in [0, 0.1) is 12.8 Å². The predicted octanol–water partition coefficient (Wildman–Crippen LogP) is 7.05. The summed E-state index contributed by atoms with van der Waals surface area (Å²) in [5, 5.41) is 2.68. The van der Waals surface area contributed by atoms with Crippen molar-refractivity contribution in [3.8, 4) is 5.69 Å². The molecule has 0 aliphatic heterocycles. The standard InChI is InChI=1S/C30H31BrCl2N4O4S/c1-18(2)17-30(4,21-10-9-11-22(31)16-21)34-28(38)20-14-24(32)26(33)25(15-20)42(40,41)35-27-19(3)36(5)37(29(27)39)23-12-7-6-8-13-23/h6-16,18,35H,17H2,1-5H3,(H,34,38). The Hall–Kier alpha value is -3.05. The highest BCUT2D eigenvalue weighted by molar-refractivity contribution is 9.10. The molecule has 0 bridgehead atoms. The second kappa shape index (κ2) is 12.3. The summed E-state index contributed by atoms with van der Waals surface area (Å²) in [7, 11) is -2.80. The lowest BCUT2D eigenvalue weighted by atomic mass is 9.83. The van der Waals surface area contributed by atoms with E-state index in [1.807, 2.05) is 37.3 Å². The number of rotatable bonds is 9. The molecule has 1 atom stereocenters. The van der Waals surface area contributed by atoms with Crippen LogP contribution in [0.2, 0.25) is 10.0 Å². The van der Waals surface area contributed by atoms with Crippen LogP contribution in [0.25, 0.3) is 5.69 Å². The van der Waals surface area contributed by atoms with Crippen molar-refractivity contribution < 1.29 is 13.2 Å². The molecule has 1 heterocycles. The summed E-state index contributed by atoms with van der Waals surface area (Å²) < 4.78 is 33.4. The van der Waals surface area contributed by atoms with Crippen LogP contribution in [0.3, 0.4) is 0 Å². The number of benzene rings is 3. The molecule has 1 amide bonds. The number of nitrogens with one attached hydrogen (secondary N) is 2. The van der Waals surface area contributed by atoms with E-state index < -0.39 is 31.9 Å². The molecule has 0 saturated carbocycles. The first-order valence-corrected chi connectivity index (χ1v) is 16.1. The highest BCUT2D eigenvalue weighted by Crippen LogP contribution is 2.34. The maximum atomic E-state index is 13.7. The Morgan fingerprint density at radius 3 is 2.33 bits per heavy atom. The third-order valence-corrected chi connectivity index (χ3v) is 9.79. The zero-order valence-electron chi connectivity index (χ0n) is 23.7. The molecule has 4 rings (SSSR count). The third kappa shape index (κ3) is 6.46. The van der Waals surface area contributed by atoms with Crippen LogP contribution in [-0.4, -0.2) is 23.7 Å². The summed E-state index contributed by atoms with van der Waals surface area (Å²) in [6.45, 7) is 7.64. The van der Waals surface area contributed by atoms with Gasteiger partial charge >= 0.3 is 0 Å². The normalized spacial score (nSPS) is 13.2. The number of hydrogen-bond acceptors (Lipinski definition) is 4. The van der Waals surface area contributed by atoms with Gasteiger partial charge in [-0.1, -0.05) is 83.3 Å². The minimum atomic E-state index is -4.45. The maximum Gasteiger partial charge on any atom is 0.296 e. The van der Waals surface area contributed by atoms with E-state index >= 15 is 0 Å². The van der Waals surface area contributed by atoms with Gasteiger partial charge < -0.3 is 5.32 Å². The van der Waals surface area contributed by atoms with E-state index in [-0.39, 0.29) is 27.2 Å². The number of carbonyl (C=O) groups is 1. The highest BCUT2D eigenvalue weighted by atomic mass is 79.9. The molecule has 1 unspecified atom stereocenters. The van der Waals surface area contributed by atoms with Crippen LogP contribution in [-0.2, 0) is 22.6 Å². The molecule has 0 spiro atoms. The molecule has 222 valence electrons. The van der Waals surface area contributed by atoms with Crippen molar-refractivity contribution in [2.75, 3.05) is 4.72 Å². The van der Waals surface area contributed by atoms with E-state index in [1.54, 1.807) is 42.9 Å². The van der Waals surface area contributed by atoms with Crippen molar-refractivity contribution in [3.05, 3.63) is 108 Å². The monoisotopic (exact) mass is 692 g/mol. The number of para-hydroxylation sites is 1. The summed E-state index contributed by atoms with van der Waals surface area (Å²) in [5.74, 6) is -0.298. The number of nitrogens with zero attached hydrogens (tertiary/aromatic N) is 2. The van der Waals surface area contributed by atoms with Crippen LogP contribution in [0.15, 0.2) is 80.9 Å². The summed E-state index contributed by atoms with van der Waals surface area (Å²) in [5.41, 5.74) is 0.323. The maximum absolute atomic E-state index is 13.7. The molecule has 42 heavy (non-hydrogen) atoms. The molecule has 0 aliphatic carbocycles. The molecular formula is C30H31BrCl2N4O4S. The molecule has 0 fully saturated rings. The van der Waals surface area contributed by atoms with Gasteiger partial charge in [-0.25, -0.2) is 13.1 Å². The lowest BCUT2D eigenvalue weighted by molar-refractivity contribution is 0.0892. The number of hydrogen-bond donors (Lipinski definition) is 2. The van der Waals surface area contributed by atoms with Gasteiger partial charge in [-0.05, 0) is 68.1 Å². The van der Waals surface area contributed by atoms with E-state index in [0.717, 1.165) is 16.1 Å². The fourth-order valence-corrected chi connectivity index (χ4v) is 7.31. The topological polar surface area (TPSA) is 102 Å². The Morgan fingerprint density at radius 1 is 1.05 bits per heavy atom. The number of amides is 1. The quantitative estimate of drug-likeness (QED) is 0.196. The van der Waals surface area contributed by atoms with Crippen molar-refractivity contribution in [2.24, 2.45) is 13.0 Å². The average molecular weight is 694 g/mol. The molecule has 2 N–H and O–H groups in total. The van der Waals surface area contributed by atoms with Gasteiger partial charge in [0, 0.05) is 17.1 Å². The van der Waals surface area contributed by atoms with Crippen LogP contribution >= 0.6 is 39.1 Å². The minimum Gasteiger partial charge on any atom is -0.343 e. The van der Waals surface area contributed by atoms with E-state index in [1.165, 1.54) is 10.7 Å². The van der Waals surface area contributed by atoms with Gasteiger partial charge in [-0.15, -0.1) is 0 Å². The SMILES string of the molecule is Cc1c(NS(=O)(=O)c2cc(C(=O)NC(C)(CC(C)C)c3cccc(Br)c3)cc(Cl)c2Cl)c(=O)n(-c2ccccc2)n1C. The number of sulfonamides is 1. The Balaban J connectivity index is 1.73. The van der Waals surface area contributed by atoms with Gasteiger partial charge in [0.25, 0.3) is 21.5 Å². The summed E-state index contributed by atoms with van der Waals surface area (Å²) >= 11 is 16.2. The first-order chi connectivity index (χ1) is 19.6. The van der Waals surface area contributed by atoms with Crippen molar-refractivity contribution in [3.63, 3.8) is 0 Å². The zero-order chi connectivity index (χ0) is 31.0. The first-order valence-electron chi connectivity index (χ1n) is 13.1. The van der Waals surface area contributed by atoms with Crippen molar-refractivity contribution >= 4 is 60.7 Å². The van der Waals surface area contributed by atoms with Gasteiger partial charge in [-0.3, -0.25) is 19.0 Å². The second-order valence-corrected chi connectivity index (χ2v) is 14.1. The lowest BCUT2D eigenvalue weighted by Crippen LogP contribution is -2.44. The molecule has 0 saturated heterocycles. The van der Waals surface area contributed by atoms with Crippen LogP contribution in [0.1, 0.15) is 48.8 Å². The van der Waals surface area contributed by atoms with E-state index in [9.17, 15) is 18.0 Å². The van der Waals surface area contributed by atoms with Gasteiger partial charge in [0.1, 0.15) is 10.6 Å². The molecule has 0 aliphatic rings. The van der Waals surface area contributed by atoms with Crippen LogP contribution in [0.4, 0.5) is 5.69 Å². The Kier molecular flexibility index (Phi) is 9.32. The molecule has 1 aromatic heterocycles. The highest BCUT2D eigenvalue weighted by Gasteiger charge is 2.32. The number of aromatic nitrogens is 2. The first kappa shape index (κ1) is 31.9. The number of anilines is 1. The molecule has 12 heteroatoms. The van der Waals surface area contributed by atoms with Crippen molar-refractivity contribution in [2.45, 2.75) is 44.6 Å². The van der Waals surface area contributed by atoms with E-state index in [4.69, 9.17) is 23.2 Å². The Bertz CT molecular complexity index is 1820. The summed E-state index contributed by atoms with van der Waals surface area (Å²) in [4.78, 5) is 26.5. The van der Waals surface area contributed by atoms with Gasteiger partial charge in [0.15, 0.2) is 0 Å². The Labute approximate surface area is 263 Å². The smallest absolute Gasteiger partial charge is 0.296 e. The molecule has 3 aromatic carbocycles. The summed E-state index contributed by atoms with van der Waals surface area (Å²) in [6, 6.07) is 19.0. The molecule has 4 aromatic rings. The Morgan fingerprint density at radius 2 is 1.71 bits per heavy atom. The fraction of sp³-hybridized carbons (Fsp3) is 0.267. The minimum absolute atomic E-state index is 0.00114. The fourth-order valence-electron chi connectivity index (χ4n) is 4.98. The van der Waals surface area contributed by atoms with Crippen molar-refractivity contribution in [1.29, 1.82) is 0 Å². The zero-order valence-corrected chi connectivity index (χ0v) is 27.6. The molecular weight excluding hydrogens is 663 g/mol. The van der Waals surface area contributed by atoms with E-state index in [0.29, 0.717) is 17.8 Å². The van der Waals surface area contributed by atoms with Crippen LogP contribution < -0.4 is 15.6 Å². The third-order valence-electron chi connectivity index (χ3n) is 7.00. The number of carbonyl (C=O) groups excluding carboxylic acids is 1. The predicted molar refractivity (Wildman–Crippen MR) is 171 cm³/mol. The van der Waals surface area contributed by atoms with Crippen LogP contribution in [0.5, 0.6) is 0 Å². The molecule has 0 radical (unpaired) electrons. The van der Waals surface area contributed by atoms with E-state index in [2.05, 4.69) is 39.8 Å². The lowest BCUT2D eigenvalue weighted by Gasteiger charge is -2.33. The van der Waals surface area contributed by atoms with Crippen molar-refractivity contribution in [1.82, 2.24) is 14.7 Å². The van der Waals surface area contributed by atoms with Gasteiger partial charge in [-0.2, -0.15) is 0 Å². The van der Waals surface area contributed by atoms with Gasteiger partial charge in [0.05, 0.1) is 27.0 Å². The second-order valence-electron chi connectivity index (χ2n) is 10.7. The number of halogens is 3. The largest absolute Gasteiger partial charge is 0.343 e. The average Bonchev–Trinajstić information content (AvgIpc) is 3.12. The van der Waals surface area contributed by atoms with Gasteiger partial charge in [0.2, 0.25) is 0 Å². The summed E-state index contributed by atoms with van der Waals surface area (Å²) in [6.07, 6.45) is 0.615.